The average Bonchev–Trinajstić information content (AvgIpc) is 3.34. The topological polar surface area (TPSA) is 102 Å². The number of ether oxygens (including phenoxy) is 2. The molecular formula is C24H23N3O5S. The summed E-state index contributed by atoms with van der Waals surface area (Å²) in [5, 5.41) is 20.2. The van der Waals surface area contributed by atoms with Gasteiger partial charge in [0, 0.05) is 5.56 Å². The summed E-state index contributed by atoms with van der Waals surface area (Å²) in [7, 11) is 1.53. The number of Topliss-reactive ketones (excluding diaryl/α,β-unsaturated/α-hetero) is 1. The molecule has 3 aromatic rings. The molecule has 1 N–H and O–H groups in total. The Morgan fingerprint density at radius 3 is 2.42 bits per heavy atom. The van der Waals surface area contributed by atoms with Crippen LogP contribution in [0.3, 0.4) is 0 Å². The van der Waals surface area contributed by atoms with Gasteiger partial charge in [0.2, 0.25) is 5.13 Å². The van der Waals surface area contributed by atoms with E-state index in [1.54, 1.807) is 55.5 Å². The SMILES string of the molecule is COc1cccc([C@H]2/C(=C(\O)c3ccc(OC(C)C)cc3)C(=O)C(=O)N2c2nnc(C)s2)c1. The van der Waals surface area contributed by atoms with Crippen LogP contribution in [0.5, 0.6) is 11.5 Å². The van der Waals surface area contributed by atoms with Crippen LogP contribution in [-0.4, -0.2) is 40.2 Å². The van der Waals surface area contributed by atoms with Crippen LogP contribution in [0.1, 0.15) is 36.0 Å². The molecule has 0 saturated carbocycles. The molecule has 0 aliphatic carbocycles. The summed E-state index contributed by atoms with van der Waals surface area (Å²) in [5.41, 5.74) is 0.965. The molecule has 1 amide bonds. The van der Waals surface area contributed by atoms with Crippen molar-refractivity contribution < 1.29 is 24.2 Å². The van der Waals surface area contributed by atoms with Crippen LogP contribution in [0.2, 0.25) is 0 Å². The largest absolute Gasteiger partial charge is 0.507 e. The number of carbonyl (C=O) groups is 2. The van der Waals surface area contributed by atoms with Crippen molar-refractivity contribution in [2.45, 2.75) is 32.9 Å². The van der Waals surface area contributed by atoms with Crippen LogP contribution in [-0.2, 0) is 9.59 Å². The van der Waals surface area contributed by atoms with Gasteiger partial charge in [-0.2, -0.15) is 0 Å². The molecule has 0 spiro atoms. The van der Waals surface area contributed by atoms with E-state index >= 15 is 0 Å². The Hall–Kier alpha value is -3.72. The first-order valence-corrected chi connectivity index (χ1v) is 11.1. The van der Waals surface area contributed by atoms with Gasteiger partial charge in [0.1, 0.15) is 22.3 Å². The smallest absolute Gasteiger partial charge is 0.301 e. The molecule has 1 fully saturated rings. The van der Waals surface area contributed by atoms with Crippen LogP contribution in [0, 0.1) is 6.92 Å². The molecule has 1 aliphatic heterocycles. The summed E-state index contributed by atoms with van der Waals surface area (Å²) >= 11 is 1.19. The molecule has 2 aromatic carbocycles. The number of nitrogens with zero attached hydrogens (tertiary/aromatic N) is 3. The molecule has 1 atom stereocenters. The Morgan fingerprint density at radius 1 is 1.09 bits per heavy atom. The fourth-order valence-electron chi connectivity index (χ4n) is 3.66. The summed E-state index contributed by atoms with van der Waals surface area (Å²) in [6.07, 6.45) is -0.00167. The molecule has 8 nitrogen and oxygen atoms in total. The fraction of sp³-hybridized carbons (Fsp3) is 0.250. The van der Waals surface area contributed by atoms with Crippen molar-refractivity contribution in [2.24, 2.45) is 0 Å². The van der Waals surface area contributed by atoms with Crippen LogP contribution >= 0.6 is 11.3 Å². The van der Waals surface area contributed by atoms with E-state index < -0.39 is 17.7 Å². The summed E-state index contributed by atoms with van der Waals surface area (Å²) < 4.78 is 11.0. The normalized spacial score (nSPS) is 17.6. The number of hydrogen-bond acceptors (Lipinski definition) is 8. The van der Waals surface area contributed by atoms with Gasteiger partial charge in [0.15, 0.2) is 0 Å². The lowest BCUT2D eigenvalue weighted by Crippen LogP contribution is -2.29. The predicted molar refractivity (Wildman–Crippen MR) is 125 cm³/mol. The molecule has 1 saturated heterocycles. The first kappa shape index (κ1) is 22.5. The second-order valence-electron chi connectivity index (χ2n) is 7.74. The average molecular weight is 466 g/mol. The number of rotatable bonds is 6. The standard InChI is InChI=1S/C24H23N3O5S/c1-13(2)32-17-10-8-15(9-11-17)21(28)19-20(16-6-5-7-18(12-16)31-4)27(23(30)22(19)29)24-26-25-14(3)33-24/h5-13,20,28H,1-4H3/b21-19+/t20-/m0/s1. The number of methoxy groups -OCH3 is 1. The number of anilines is 1. The van der Waals surface area contributed by atoms with E-state index in [1.165, 1.54) is 23.3 Å². The van der Waals surface area contributed by atoms with Gasteiger partial charge in [0.05, 0.1) is 24.8 Å². The second-order valence-corrected chi connectivity index (χ2v) is 8.90. The predicted octanol–water partition coefficient (Wildman–Crippen LogP) is 4.27. The lowest BCUT2D eigenvalue weighted by molar-refractivity contribution is -0.132. The zero-order valence-electron chi connectivity index (χ0n) is 18.6. The summed E-state index contributed by atoms with van der Waals surface area (Å²) in [5.74, 6) is -0.658. The van der Waals surface area contributed by atoms with E-state index in [0.29, 0.717) is 27.6 Å². The van der Waals surface area contributed by atoms with Crippen molar-refractivity contribution in [3.05, 3.63) is 70.2 Å². The van der Waals surface area contributed by atoms with E-state index in [0.717, 1.165) is 0 Å². The highest BCUT2D eigenvalue weighted by molar-refractivity contribution is 7.15. The number of carbonyl (C=O) groups excluding carboxylic acids is 2. The van der Waals surface area contributed by atoms with Crippen molar-refractivity contribution in [3.8, 4) is 11.5 Å². The Morgan fingerprint density at radius 2 is 1.82 bits per heavy atom. The molecule has 0 bridgehead atoms. The molecule has 0 radical (unpaired) electrons. The minimum Gasteiger partial charge on any atom is -0.507 e. The zero-order chi connectivity index (χ0) is 23.7. The third kappa shape index (κ3) is 4.31. The van der Waals surface area contributed by atoms with Crippen molar-refractivity contribution in [1.82, 2.24) is 10.2 Å². The summed E-state index contributed by atoms with van der Waals surface area (Å²) in [4.78, 5) is 27.5. The maximum Gasteiger partial charge on any atom is 0.301 e. The monoisotopic (exact) mass is 465 g/mol. The third-order valence-electron chi connectivity index (χ3n) is 5.07. The molecule has 2 heterocycles. The fourth-order valence-corrected chi connectivity index (χ4v) is 4.37. The van der Waals surface area contributed by atoms with Gasteiger partial charge in [-0.15, -0.1) is 10.2 Å². The van der Waals surface area contributed by atoms with Crippen molar-refractivity contribution in [3.63, 3.8) is 0 Å². The first-order chi connectivity index (χ1) is 15.8. The van der Waals surface area contributed by atoms with Gasteiger partial charge in [-0.25, -0.2) is 0 Å². The minimum atomic E-state index is -0.890. The number of aromatic nitrogens is 2. The Bertz CT molecular complexity index is 1230. The maximum atomic E-state index is 13.2. The van der Waals surface area contributed by atoms with E-state index in [9.17, 15) is 14.7 Å². The molecule has 1 aliphatic rings. The van der Waals surface area contributed by atoms with Crippen LogP contribution < -0.4 is 14.4 Å². The highest BCUT2D eigenvalue weighted by atomic mass is 32.1. The lowest BCUT2D eigenvalue weighted by Gasteiger charge is -2.23. The number of hydrogen-bond donors (Lipinski definition) is 1. The van der Waals surface area contributed by atoms with Crippen molar-refractivity contribution in [1.29, 1.82) is 0 Å². The van der Waals surface area contributed by atoms with Crippen LogP contribution in [0.4, 0.5) is 5.13 Å². The number of ketones is 1. The van der Waals surface area contributed by atoms with Gasteiger partial charge in [0.25, 0.3) is 5.78 Å². The Balaban J connectivity index is 1.87. The van der Waals surface area contributed by atoms with Gasteiger partial charge < -0.3 is 14.6 Å². The Kier molecular flexibility index (Phi) is 6.15. The first-order valence-electron chi connectivity index (χ1n) is 10.3. The lowest BCUT2D eigenvalue weighted by atomic mass is 9.95. The quantitative estimate of drug-likeness (QED) is 0.329. The number of aliphatic hydroxyl groups excluding tert-OH is 1. The van der Waals surface area contributed by atoms with Crippen LogP contribution in [0.15, 0.2) is 54.1 Å². The van der Waals surface area contributed by atoms with Crippen LogP contribution in [0.25, 0.3) is 5.76 Å². The zero-order valence-corrected chi connectivity index (χ0v) is 19.4. The summed E-state index contributed by atoms with van der Waals surface area (Å²) in [6.45, 7) is 5.59. The van der Waals surface area contributed by atoms with Gasteiger partial charge in [-0.3, -0.25) is 14.5 Å². The summed E-state index contributed by atoms with van der Waals surface area (Å²) in [6, 6.07) is 12.8. The van der Waals surface area contributed by atoms with Gasteiger partial charge in [-0.05, 0) is 62.7 Å². The molecule has 170 valence electrons. The van der Waals surface area contributed by atoms with E-state index in [1.807, 2.05) is 13.8 Å². The molecular weight excluding hydrogens is 442 g/mol. The second kappa shape index (κ2) is 9.03. The van der Waals surface area contributed by atoms with E-state index in [4.69, 9.17) is 9.47 Å². The molecule has 0 unspecified atom stereocenters. The van der Waals surface area contributed by atoms with E-state index in [-0.39, 0.29) is 22.6 Å². The molecule has 9 heteroatoms. The van der Waals surface area contributed by atoms with Crippen molar-refractivity contribution in [2.75, 3.05) is 12.0 Å². The highest BCUT2D eigenvalue weighted by Crippen LogP contribution is 2.43. The maximum absolute atomic E-state index is 13.2. The number of aryl methyl sites for hydroxylation is 1. The van der Waals surface area contributed by atoms with Gasteiger partial charge in [-0.1, -0.05) is 23.5 Å². The third-order valence-corrected chi connectivity index (χ3v) is 5.91. The van der Waals surface area contributed by atoms with Gasteiger partial charge >= 0.3 is 5.91 Å². The van der Waals surface area contributed by atoms with Crippen molar-refractivity contribution >= 4 is 33.9 Å². The number of benzene rings is 2. The van der Waals surface area contributed by atoms with E-state index in [2.05, 4.69) is 10.2 Å². The number of amides is 1. The molecule has 1 aromatic heterocycles. The minimum absolute atomic E-state index is 0.00167. The highest BCUT2D eigenvalue weighted by Gasteiger charge is 2.48. The molecule has 33 heavy (non-hydrogen) atoms. The Labute approximate surface area is 195 Å². The number of aliphatic hydroxyl groups is 1. The molecule has 4 rings (SSSR count).